The summed E-state index contributed by atoms with van der Waals surface area (Å²) in [5.41, 5.74) is 0.0572. The van der Waals surface area contributed by atoms with Crippen LogP contribution in [0.4, 0.5) is 13.2 Å². The van der Waals surface area contributed by atoms with E-state index < -0.39 is 29.9 Å². The third-order valence-electron chi connectivity index (χ3n) is 5.14. The smallest absolute Gasteiger partial charge is 0.485 e. The van der Waals surface area contributed by atoms with Crippen molar-refractivity contribution in [2.75, 3.05) is 0 Å². The Morgan fingerprint density at radius 2 is 1.97 bits per heavy atom. The van der Waals surface area contributed by atoms with Gasteiger partial charge in [0, 0.05) is 5.56 Å². The van der Waals surface area contributed by atoms with Gasteiger partial charge in [-0.2, -0.15) is 0 Å². The molecule has 1 aromatic heterocycles. The molecule has 0 saturated heterocycles. The van der Waals surface area contributed by atoms with Crippen LogP contribution in [-0.4, -0.2) is 33.0 Å². The van der Waals surface area contributed by atoms with Crippen LogP contribution in [0.5, 0.6) is 11.5 Å². The van der Waals surface area contributed by atoms with Gasteiger partial charge in [0.05, 0.1) is 10.9 Å². The number of nitrogens with zero attached hydrogens (tertiary/aromatic N) is 1. The molecule has 9 heteroatoms. The number of aryl methyl sites for hydroxylation is 1. The second-order valence-electron chi connectivity index (χ2n) is 7.63. The van der Waals surface area contributed by atoms with E-state index in [9.17, 15) is 23.1 Å². The highest BCUT2D eigenvalue weighted by molar-refractivity contribution is 5.81. The van der Waals surface area contributed by atoms with E-state index >= 15 is 0 Å². The lowest BCUT2D eigenvalue weighted by Crippen LogP contribution is -2.52. The number of nitrogens with one attached hydrogen (secondary N) is 1. The molecule has 0 fully saturated rings. The molecule has 0 spiro atoms. The number of ether oxygens (including phenoxy) is 2. The molecule has 2 N–H and O–H groups in total. The summed E-state index contributed by atoms with van der Waals surface area (Å²) >= 11 is 0. The molecule has 3 aromatic rings. The Morgan fingerprint density at radius 1 is 1.24 bits per heavy atom. The van der Waals surface area contributed by atoms with Crippen molar-refractivity contribution in [3.05, 3.63) is 57.9 Å². The highest BCUT2D eigenvalue weighted by Gasteiger charge is 2.45. The van der Waals surface area contributed by atoms with Crippen molar-refractivity contribution < 1.29 is 27.8 Å². The maximum atomic E-state index is 13.1. The zero-order chi connectivity index (χ0) is 21.1. The fourth-order valence-electron chi connectivity index (χ4n) is 3.76. The fourth-order valence-corrected chi connectivity index (χ4v) is 3.76. The van der Waals surface area contributed by atoms with Gasteiger partial charge in [0.25, 0.3) is 5.56 Å². The first-order valence-electron chi connectivity index (χ1n) is 8.94. The first-order chi connectivity index (χ1) is 13.5. The van der Waals surface area contributed by atoms with E-state index in [1.54, 1.807) is 39.0 Å². The van der Waals surface area contributed by atoms with Crippen LogP contribution in [0.1, 0.15) is 31.0 Å². The van der Waals surface area contributed by atoms with Gasteiger partial charge in [0.2, 0.25) is 0 Å². The number of hydrogen-bond donors (Lipinski definition) is 2. The highest BCUT2D eigenvalue weighted by Crippen LogP contribution is 2.43. The van der Waals surface area contributed by atoms with Gasteiger partial charge in [-0.25, -0.2) is 4.68 Å². The van der Waals surface area contributed by atoms with Gasteiger partial charge in [-0.1, -0.05) is 12.1 Å². The molecule has 6 nitrogen and oxygen atoms in total. The van der Waals surface area contributed by atoms with Crippen LogP contribution in [0.3, 0.4) is 0 Å². The zero-order valence-electron chi connectivity index (χ0n) is 15.9. The summed E-state index contributed by atoms with van der Waals surface area (Å²) in [6.45, 7) is 5.08. The lowest BCUT2D eigenvalue weighted by molar-refractivity contribution is -0.274. The van der Waals surface area contributed by atoms with E-state index in [2.05, 4.69) is 9.84 Å². The van der Waals surface area contributed by atoms with Crippen molar-refractivity contribution in [3.8, 4) is 11.5 Å². The van der Waals surface area contributed by atoms with Gasteiger partial charge in [0.1, 0.15) is 29.2 Å². The van der Waals surface area contributed by atoms with E-state index in [-0.39, 0.29) is 16.9 Å². The normalized spacial score (nSPS) is 20.9. The van der Waals surface area contributed by atoms with Gasteiger partial charge in [-0.05, 0) is 50.6 Å². The first kappa shape index (κ1) is 19.4. The number of rotatable bonds is 2. The van der Waals surface area contributed by atoms with E-state index in [1.165, 1.54) is 10.7 Å². The Hall–Kier alpha value is -2.94. The number of halogens is 3. The quantitative estimate of drug-likeness (QED) is 0.679. The Morgan fingerprint density at radius 3 is 2.62 bits per heavy atom. The second-order valence-corrected chi connectivity index (χ2v) is 7.63. The van der Waals surface area contributed by atoms with Gasteiger partial charge in [-0.3, -0.25) is 9.89 Å². The van der Waals surface area contributed by atoms with Crippen molar-refractivity contribution in [1.82, 2.24) is 9.78 Å². The predicted octanol–water partition coefficient (Wildman–Crippen LogP) is 3.66. The topological polar surface area (TPSA) is 76.5 Å². The lowest BCUT2D eigenvalue weighted by Gasteiger charge is -2.42. The Bertz CT molecular complexity index is 1150. The van der Waals surface area contributed by atoms with Gasteiger partial charge >= 0.3 is 6.36 Å². The van der Waals surface area contributed by atoms with Gasteiger partial charge in [-0.15, -0.1) is 13.2 Å². The van der Waals surface area contributed by atoms with Gasteiger partial charge < -0.3 is 14.6 Å². The number of benzene rings is 2. The minimum atomic E-state index is -4.87. The molecule has 2 atom stereocenters. The Labute approximate surface area is 163 Å². The molecular formula is C20H19F3N2O4. The number of aliphatic hydroxyl groups is 1. The van der Waals surface area contributed by atoms with E-state index in [0.717, 1.165) is 17.7 Å². The molecule has 2 heterocycles. The third-order valence-corrected chi connectivity index (χ3v) is 5.14. The molecule has 0 saturated carbocycles. The summed E-state index contributed by atoms with van der Waals surface area (Å²) < 4.78 is 49.1. The summed E-state index contributed by atoms with van der Waals surface area (Å²) in [5.74, 6) is -0.195. The summed E-state index contributed by atoms with van der Waals surface area (Å²) in [4.78, 5) is 13.1. The van der Waals surface area contributed by atoms with Crippen LogP contribution < -0.4 is 15.0 Å². The van der Waals surface area contributed by atoms with Crippen molar-refractivity contribution in [1.29, 1.82) is 0 Å². The maximum absolute atomic E-state index is 13.1. The van der Waals surface area contributed by atoms with Gasteiger partial charge in [0.15, 0.2) is 0 Å². The van der Waals surface area contributed by atoms with Crippen LogP contribution in [0.2, 0.25) is 0 Å². The molecule has 0 amide bonds. The number of hydrogen-bond acceptors (Lipinski definition) is 4. The summed E-state index contributed by atoms with van der Waals surface area (Å²) in [6, 6.07) is 7.91. The molecule has 0 unspecified atom stereocenters. The van der Waals surface area contributed by atoms with Crippen LogP contribution in [0, 0.1) is 6.92 Å². The van der Waals surface area contributed by atoms with E-state index in [1.807, 2.05) is 0 Å². The third kappa shape index (κ3) is 3.25. The molecular weight excluding hydrogens is 389 g/mol. The van der Waals surface area contributed by atoms with E-state index in [4.69, 9.17) is 4.74 Å². The second kappa shape index (κ2) is 6.28. The van der Waals surface area contributed by atoms with Crippen molar-refractivity contribution in [2.24, 2.45) is 0 Å². The van der Waals surface area contributed by atoms with E-state index in [0.29, 0.717) is 10.9 Å². The first-order valence-corrected chi connectivity index (χ1v) is 8.94. The average Bonchev–Trinajstić information content (AvgIpc) is 2.93. The number of aliphatic hydroxyl groups excluding tert-OH is 1. The van der Waals surface area contributed by atoms with Crippen LogP contribution in [0.15, 0.2) is 41.2 Å². The fraction of sp³-hybridized carbons (Fsp3) is 0.350. The Balaban J connectivity index is 1.93. The van der Waals surface area contributed by atoms with Crippen LogP contribution >= 0.6 is 0 Å². The van der Waals surface area contributed by atoms with Crippen LogP contribution in [0.25, 0.3) is 10.9 Å². The molecule has 29 heavy (non-hydrogen) atoms. The molecule has 0 radical (unpaired) electrons. The lowest BCUT2D eigenvalue weighted by atomic mass is 9.86. The number of alkyl halides is 3. The minimum absolute atomic E-state index is 0.213. The minimum Gasteiger partial charge on any atom is -0.485 e. The maximum Gasteiger partial charge on any atom is 0.573 e. The number of aromatic amines is 1. The molecule has 2 aromatic carbocycles. The van der Waals surface area contributed by atoms with Crippen LogP contribution in [-0.2, 0) is 0 Å². The monoisotopic (exact) mass is 408 g/mol. The highest BCUT2D eigenvalue weighted by atomic mass is 19.4. The SMILES string of the molecule is Cc1cccc2[nH]n([C@@H]3c4cc(OC(F)(F)F)ccc4OC(C)(C)[C@H]3O)c(=O)c12. The summed E-state index contributed by atoms with van der Waals surface area (Å²) in [6.07, 6.45) is -6.09. The standard InChI is InChI=1S/C20H19F3N2O4/c1-10-5-4-6-13-15(10)18(27)25(24-13)16-12-9-11(28-20(21,22)23)7-8-14(12)29-19(2,3)17(16)26/h4-9,16-17,24,26H,1-3H3/t16-,17+/m1/s1. The number of fused-ring (bicyclic) bond motifs is 2. The Kier molecular flexibility index (Phi) is 4.20. The molecule has 0 bridgehead atoms. The van der Waals surface area contributed by atoms with Crippen molar-refractivity contribution in [3.63, 3.8) is 0 Å². The predicted molar refractivity (Wildman–Crippen MR) is 99.3 cm³/mol. The number of aromatic nitrogens is 2. The number of H-pyrrole nitrogens is 1. The summed E-state index contributed by atoms with van der Waals surface area (Å²) in [7, 11) is 0. The molecule has 0 aliphatic carbocycles. The molecule has 1 aliphatic heterocycles. The molecule has 154 valence electrons. The molecule has 1 aliphatic rings. The average molecular weight is 408 g/mol. The largest absolute Gasteiger partial charge is 0.573 e. The molecule has 4 rings (SSSR count). The van der Waals surface area contributed by atoms with Crippen molar-refractivity contribution >= 4 is 10.9 Å². The zero-order valence-corrected chi connectivity index (χ0v) is 15.9. The van der Waals surface area contributed by atoms with Crippen molar-refractivity contribution in [2.45, 2.75) is 44.9 Å². The summed E-state index contributed by atoms with van der Waals surface area (Å²) in [5, 5.41) is 14.4.